The number of halogens is 1. The van der Waals surface area contributed by atoms with Gasteiger partial charge < -0.3 is 30.8 Å². The largest absolute Gasteiger partial charge is 0.478 e. The molecule has 5 N–H and O–H groups in total. The lowest BCUT2D eigenvalue weighted by Gasteiger charge is -2.17. The number of carboxylic acid groups (broad SMARTS) is 1. The molecular formula is C31H29ClN4O8. The van der Waals surface area contributed by atoms with E-state index in [9.17, 15) is 29.1 Å². The fraction of sp³-hybridized carbons (Fsp3) is 0.226. The lowest BCUT2D eigenvalue weighted by molar-refractivity contribution is -0.197. The van der Waals surface area contributed by atoms with Crippen molar-refractivity contribution in [1.29, 1.82) is 5.41 Å². The SMILES string of the molecule is Cl.N=c1ccc2c(-c3ccc(C(=O)NCCCCCC(=O)ON4C(=O)CCC4=O)cc3C(=O)O)c3ccc(N)cc3oc-2c1. The van der Waals surface area contributed by atoms with Crippen LogP contribution in [0.15, 0.2) is 59.0 Å². The Labute approximate surface area is 257 Å². The van der Waals surface area contributed by atoms with Crippen molar-refractivity contribution in [2.45, 2.75) is 38.5 Å². The monoisotopic (exact) mass is 620 g/mol. The van der Waals surface area contributed by atoms with E-state index in [1.54, 1.807) is 48.5 Å². The number of anilines is 1. The summed E-state index contributed by atoms with van der Waals surface area (Å²) in [6, 6.07) is 14.3. The van der Waals surface area contributed by atoms with E-state index in [0.29, 0.717) is 63.4 Å². The molecule has 2 heterocycles. The van der Waals surface area contributed by atoms with E-state index in [4.69, 9.17) is 20.4 Å². The van der Waals surface area contributed by atoms with Crippen molar-refractivity contribution in [3.63, 3.8) is 0 Å². The number of nitrogens with one attached hydrogen (secondary N) is 2. The Morgan fingerprint density at radius 3 is 2.41 bits per heavy atom. The number of hydrogen-bond acceptors (Lipinski definition) is 9. The lowest BCUT2D eigenvalue weighted by Crippen LogP contribution is -2.31. The Balaban J connectivity index is 0.00000442. The number of carboxylic acids is 1. The summed E-state index contributed by atoms with van der Waals surface area (Å²) in [5.74, 6) is -3.02. The number of benzene rings is 3. The fourth-order valence-electron chi connectivity index (χ4n) is 4.96. The molecule has 1 fully saturated rings. The quantitative estimate of drug-likeness (QED) is 0.0866. The summed E-state index contributed by atoms with van der Waals surface area (Å²) in [5, 5.41) is 22.2. The van der Waals surface area contributed by atoms with Gasteiger partial charge in [0.05, 0.1) is 10.9 Å². The number of nitrogens with two attached hydrogens (primary N) is 1. The number of imide groups is 1. The Kier molecular flexibility index (Phi) is 9.64. The molecule has 0 atom stereocenters. The van der Waals surface area contributed by atoms with Crippen LogP contribution < -0.4 is 16.4 Å². The molecular weight excluding hydrogens is 592 g/mol. The number of unbranched alkanes of at least 4 members (excludes halogenated alkanes) is 2. The second-order valence-corrected chi connectivity index (χ2v) is 10.1. The van der Waals surface area contributed by atoms with Gasteiger partial charge in [0.15, 0.2) is 0 Å². The molecule has 3 amide bonds. The topological polar surface area (TPSA) is 193 Å². The molecule has 0 bridgehead atoms. The smallest absolute Gasteiger partial charge is 0.336 e. The zero-order valence-corrected chi connectivity index (χ0v) is 24.2. The third-order valence-electron chi connectivity index (χ3n) is 7.07. The predicted molar refractivity (Wildman–Crippen MR) is 161 cm³/mol. The summed E-state index contributed by atoms with van der Waals surface area (Å²) in [5.41, 5.74) is 8.49. The predicted octanol–water partition coefficient (Wildman–Crippen LogP) is 4.28. The molecule has 0 spiro atoms. The van der Waals surface area contributed by atoms with Crippen LogP contribution in [0.4, 0.5) is 5.69 Å². The van der Waals surface area contributed by atoms with Crippen LogP contribution in [-0.2, 0) is 19.2 Å². The number of nitrogen functional groups attached to an aromatic ring is 1. The lowest BCUT2D eigenvalue weighted by atomic mass is 9.89. The zero-order chi connectivity index (χ0) is 30.7. The van der Waals surface area contributed by atoms with E-state index in [-0.39, 0.29) is 54.7 Å². The highest BCUT2D eigenvalue weighted by Gasteiger charge is 2.32. The van der Waals surface area contributed by atoms with Gasteiger partial charge in [-0.1, -0.05) is 12.5 Å². The average molecular weight is 621 g/mol. The molecule has 1 aliphatic carbocycles. The Bertz CT molecular complexity index is 1800. The van der Waals surface area contributed by atoms with Crippen molar-refractivity contribution in [3.05, 3.63) is 71.1 Å². The van der Waals surface area contributed by atoms with E-state index in [1.165, 1.54) is 6.07 Å². The summed E-state index contributed by atoms with van der Waals surface area (Å²) in [7, 11) is 0. The molecule has 3 aliphatic rings. The average Bonchev–Trinajstić information content (AvgIpc) is 3.29. The number of carbonyl (C=O) groups is 5. The first kappa shape index (κ1) is 31.7. The number of nitrogens with zero attached hydrogens (tertiary/aromatic N) is 1. The van der Waals surface area contributed by atoms with Gasteiger partial charge in [-0.05, 0) is 54.8 Å². The molecule has 12 nitrogen and oxygen atoms in total. The third-order valence-corrected chi connectivity index (χ3v) is 7.07. The van der Waals surface area contributed by atoms with Gasteiger partial charge >= 0.3 is 11.9 Å². The van der Waals surface area contributed by atoms with E-state index in [0.717, 1.165) is 0 Å². The van der Waals surface area contributed by atoms with E-state index >= 15 is 0 Å². The van der Waals surface area contributed by atoms with Crippen LogP contribution in [0.5, 0.6) is 0 Å². The van der Waals surface area contributed by atoms with Gasteiger partial charge in [-0.2, -0.15) is 0 Å². The van der Waals surface area contributed by atoms with Crippen molar-refractivity contribution in [3.8, 4) is 22.5 Å². The maximum Gasteiger partial charge on any atom is 0.336 e. The van der Waals surface area contributed by atoms with Gasteiger partial charge in [0.2, 0.25) is 0 Å². The number of fused-ring (bicyclic) bond motifs is 2. The number of hydroxylamine groups is 2. The minimum atomic E-state index is -1.22. The molecule has 44 heavy (non-hydrogen) atoms. The molecule has 0 aromatic heterocycles. The molecule has 13 heteroatoms. The maximum atomic E-state index is 12.9. The van der Waals surface area contributed by atoms with Crippen LogP contribution in [0, 0.1) is 5.41 Å². The number of carbonyl (C=O) groups excluding carboxylic acids is 4. The fourth-order valence-corrected chi connectivity index (χ4v) is 4.96. The molecule has 228 valence electrons. The highest BCUT2D eigenvalue weighted by molar-refractivity contribution is 6.09. The molecule has 2 aliphatic heterocycles. The second kappa shape index (κ2) is 13.4. The maximum absolute atomic E-state index is 12.9. The summed E-state index contributed by atoms with van der Waals surface area (Å²) in [6.45, 7) is 0.285. The van der Waals surface area contributed by atoms with E-state index in [1.807, 2.05) is 0 Å². The minimum Gasteiger partial charge on any atom is -0.478 e. The highest BCUT2D eigenvalue weighted by Crippen LogP contribution is 2.41. The van der Waals surface area contributed by atoms with Gasteiger partial charge in [0.25, 0.3) is 17.7 Å². The van der Waals surface area contributed by atoms with E-state index < -0.39 is 29.7 Å². The molecule has 0 unspecified atom stereocenters. The van der Waals surface area contributed by atoms with Gasteiger partial charge in [-0.15, -0.1) is 17.5 Å². The number of amides is 3. The van der Waals surface area contributed by atoms with Crippen LogP contribution in [0.3, 0.4) is 0 Å². The van der Waals surface area contributed by atoms with Gasteiger partial charge in [0.1, 0.15) is 11.3 Å². The van der Waals surface area contributed by atoms with Crippen LogP contribution >= 0.6 is 12.4 Å². The van der Waals surface area contributed by atoms with Crippen LogP contribution in [0.25, 0.3) is 33.4 Å². The molecule has 2 aromatic rings. The van der Waals surface area contributed by atoms with Crippen molar-refractivity contribution in [2.24, 2.45) is 0 Å². The van der Waals surface area contributed by atoms with Crippen molar-refractivity contribution in [2.75, 3.05) is 12.3 Å². The third kappa shape index (κ3) is 6.70. The molecule has 2 aromatic carbocycles. The standard InChI is InChI=1S/C31H28N4O8.ClH/c32-18-6-9-21-24(15-18)42-25-16-19(33)7-10-22(25)29(21)20-8-5-17(14-23(20)31(40)41)30(39)34-13-3-1-2-4-28(38)43-35-26(36)11-12-27(35)37;/h5-10,14-16,32H,1-4,11-13,33H2,(H,34,39)(H,40,41);1H. The zero-order valence-electron chi connectivity index (χ0n) is 23.4. The summed E-state index contributed by atoms with van der Waals surface area (Å²) in [6.07, 6.45) is 1.61. The van der Waals surface area contributed by atoms with Gasteiger partial charge in [-0.25, -0.2) is 9.59 Å². The van der Waals surface area contributed by atoms with Crippen molar-refractivity contribution < 1.29 is 38.3 Å². The summed E-state index contributed by atoms with van der Waals surface area (Å²) < 4.78 is 5.99. The first-order valence-corrected chi connectivity index (χ1v) is 13.7. The number of rotatable bonds is 10. The normalized spacial score (nSPS) is 12.8. The second-order valence-electron chi connectivity index (χ2n) is 10.1. The summed E-state index contributed by atoms with van der Waals surface area (Å²) in [4.78, 5) is 65.1. The molecule has 5 rings (SSSR count). The molecule has 1 saturated heterocycles. The van der Waals surface area contributed by atoms with E-state index in [2.05, 4.69) is 5.32 Å². The number of aromatic carboxylic acids is 1. The highest BCUT2D eigenvalue weighted by atomic mass is 35.5. The van der Waals surface area contributed by atoms with Crippen molar-refractivity contribution in [1.82, 2.24) is 10.4 Å². The van der Waals surface area contributed by atoms with Crippen LogP contribution in [0.2, 0.25) is 0 Å². The Morgan fingerprint density at radius 2 is 1.68 bits per heavy atom. The number of hydrogen-bond donors (Lipinski definition) is 4. The first-order valence-electron chi connectivity index (χ1n) is 13.7. The summed E-state index contributed by atoms with van der Waals surface area (Å²) >= 11 is 0. The molecule has 0 saturated carbocycles. The van der Waals surface area contributed by atoms with Crippen molar-refractivity contribution >= 4 is 58.7 Å². The van der Waals surface area contributed by atoms with Crippen LogP contribution in [0.1, 0.15) is 59.2 Å². The minimum absolute atomic E-state index is 0. The molecule has 0 radical (unpaired) electrons. The van der Waals surface area contributed by atoms with Gasteiger partial charge in [0, 0.05) is 65.7 Å². The Hall–Kier alpha value is -5.23. The first-order chi connectivity index (χ1) is 20.6. The van der Waals surface area contributed by atoms with Crippen LogP contribution in [-0.4, -0.2) is 46.4 Å². The van der Waals surface area contributed by atoms with Gasteiger partial charge in [-0.3, -0.25) is 14.4 Å². The Morgan fingerprint density at radius 1 is 0.955 bits per heavy atom.